The summed E-state index contributed by atoms with van der Waals surface area (Å²) in [4.78, 5) is 13.2. The molecule has 0 aliphatic heterocycles. The van der Waals surface area contributed by atoms with Gasteiger partial charge in [-0.3, -0.25) is 4.79 Å². The Morgan fingerprint density at radius 1 is 1.15 bits per heavy atom. The lowest BCUT2D eigenvalue weighted by Gasteiger charge is -2.18. The molecule has 2 aromatic carbocycles. The van der Waals surface area contributed by atoms with Crippen LogP contribution in [0.5, 0.6) is 5.75 Å². The molecule has 0 saturated carbocycles. The number of nitrogens with one attached hydrogen (secondary N) is 1. The first kappa shape index (κ1) is 18.4. The molecule has 1 atom stereocenters. The standard InChI is InChI=1S/C19H14ClF2NO2S/c20-15-10-14(7-8-16(15)22)25-11-18(24)23-19(17-2-1-9-26-17)12-3-5-13(21)6-4-12/h1-10,19H,11H2,(H,23,24)/t19-/m1/s1. The van der Waals surface area contributed by atoms with Crippen molar-refractivity contribution in [2.45, 2.75) is 6.04 Å². The van der Waals surface area contributed by atoms with E-state index in [1.54, 1.807) is 12.1 Å². The molecule has 1 heterocycles. The maximum Gasteiger partial charge on any atom is 0.258 e. The van der Waals surface area contributed by atoms with Gasteiger partial charge >= 0.3 is 0 Å². The van der Waals surface area contributed by atoms with E-state index >= 15 is 0 Å². The summed E-state index contributed by atoms with van der Waals surface area (Å²) >= 11 is 7.17. The molecular formula is C19H14ClF2NO2S. The number of rotatable bonds is 6. The molecule has 0 spiro atoms. The van der Waals surface area contributed by atoms with Gasteiger partial charge in [-0.15, -0.1) is 11.3 Å². The SMILES string of the molecule is O=C(COc1ccc(F)c(Cl)c1)N[C@H](c1ccc(F)cc1)c1cccs1. The van der Waals surface area contributed by atoms with E-state index in [9.17, 15) is 13.6 Å². The topological polar surface area (TPSA) is 38.3 Å². The average Bonchev–Trinajstić information content (AvgIpc) is 3.16. The third-order valence-corrected chi connectivity index (χ3v) is 4.82. The van der Waals surface area contributed by atoms with Crippen molar-refractivity contribution in [2.75, 3.05) is 6.61 Å². The van der Waals surface area contributed by atoms with Crippen molar-refractivity contribution < 1.29 is 18.3 Å². The lowest BCUT2D eigenvalue weighted by atomic mass is 10.1. The number of carbonyl (C=O) groups is 1. The Balaban J connectivity index is 1.69. The molecule has 0 fully saturated rings. The molecular weight excluding hydrogens is 380 g/mol. The molecule has 1 aromatic heterocycles. The number of benzene rings is 2. The molecule has 1 N–H and O–H groups in total. The van der Waals surface area contributed by atoms with Gasteiger partial charge in [0.2, 0.25) is 0 Å². The number of halogens is 3. The molecule has 3 nitrogen and oxygen atoms in total. The summed E-state index contributed by atoms with van der Waals surface area (Å²) in [5, 5.41) is 4.69. The summed E-state index contributed by atoms with van der Waals surface area (Å²) in [6, 6.07) is 13.2. The summed E-state index contributed by atoms with van der Waals surface area (Å²) in [5.41, 5.74) is 0.757. The monoisotopic (exact) mass is 393 g/mol. The van der Waals surface area contributed by atoms with Crippen LogP contribution >= 0.6 is 22.9 Å². The van der Waals surface area contributed by atoms with Gasteiger partial charge in [0.25, 0.3) is 5.91 Å². The normalized spacial score (nSPS) is 11.8. The zero-order valence-corrected chi connectivity index (χ0v) is 15.0. The molecule has 7 heteroatoms. The van der Waals surface area contributed by atoms with Crippen molar-refractivity contribution in [3.8, 4) is 5.75 Å². The third-order valence-electron chi connectivity index (χ3n) is 3.60. The Kier molecular flexibility index (Phi) is 5.85. The lowest BCUT2D eigenvalue weighted by Crippen LogP contribution is -2.32. The highest BCUT2D eigenvalue weighted by Gasteiger charge is 2.18. The van der Waals surface area contributed by atoms with Crippen LogP contribution in [0.25, 0.3) is 0 Å². The minimum Gasteiger partial charge on any atom is -0.484 e. The Bertz CT molecular complexity index is 885. The van der Waals surface area contributed by atoms with E-state index in [1.807, 2.05) is 17.5 Å². The largest absolute Gasteiger partial charge is 0.484 e. The van der Waals surface area contributed by atoms with Gasteiger partial charge in [-0.05, 0) is 41.3 Å². The highest BCUT2D eigenvalue weighted by Crippen LogP contribution is 2.26. The van der Waals surface area contributed by atoms with E-state index in [-0.39, 0.29) is 23.4 Å². The first-order valence-electron chi connectivity index (χ1n) is 7.69. The van der Waals surface area contributed by atoms with Crippen LogP contribution in [-0.2, 0) is 4.79 Å². The number of thiophene rings is 1. The molecule has 0 bridgehead atoms. The fourth-order valence-corrected chi connectivity index (χ4v) is 3.32. The molecule has 0 radical (unpaired) electrons. The summed E-state index contributed by atoms with van der Waals surface area (Å²) < 4.78 is 31.7. The van der Waals surface area contributed by atoms with Crippen molar-refractivity contribution in [3.63, 3.8) is 0 Å². The highest BCUT2D eigenvalue weighted by molar-refractivity contribution is 7.10. The van der Waals surface area contributed by atoms with Gasteiger partial charge in [-0.2, -0.15) is 0 Å². The van der Waals surface area contributed by atoms with Crippen molar-refractivity contribution in [1.29, 1.82) is 0 Å². The molecule has 0 saturated heterocycles. The highest BCUT2D eigenvalue weighted by atomic mass is 35.5. The maximum atomic E-state index is 13.2. The van der Waals surface area contributed by atoms with Gasteiger partial charge in [0.15, 0.2) is 6.61 Å². The number of carbonyl (C=O) groups excluding carboxylic acids is 1. The van der Waals surface area contributed by atoms with Gasteiger partial charge in [-0.25, -0.2) is 8.78 Å². The van der Waals surface area contributed by atoms with E-state index in [2.05, 4.69) is 5.32 Å². The van der Waals surface area contributed by atoms with Gasteiger partial charge < -0.3 is 10.1 Å². The Morgan fingerprint density at radius 2 is 1.92 bits per heavy atom. The molecule has 0 aliphatic rings. The Morgan fingerprint density at radius 3 is 2.58 bits per heavy atom. The van der Waals surface area contributed by atoms with Crippen LogP contribution in [0.15, 0.2) is 60.0 Å². The fourth-order valence-electron chi connectivity index (χ4n) is 2.35. The number of hydrogen-bond donors (Lipinski definition) is 1. The van der Waals surface area contributed by atoms with Gasteiger partial charge in [0, 0.05) is 10.9 Å². The molecule has 0 unspecified atom stereocenters. The molecule has 0 aliphatic carbocycles. The van der Waals surface area contributed by atoms with Crippen LogP contribution in [0.4, 0.5) is 8.78 Å². The van der Waals surface area contributed by atoms with Crippen molar-refractivity contribution in [2.24, 2.45) is 0 Å². The predicted octanol–water partition coefficient (Wildman–Crippen LogP) is 4.96. The first-order valence-corrected chi connectivity index (χ1v) is 8.95. The minimum absolute atomic E-state index is 0.0781. The second kappa shape index (κ2) is 8.29. The Hall–Kier alpha value is -2.44. The van der Waals surface area contributed by atoms with Crippen LogP contribution in [0.3, 0.4) is 0 Å². The Labute approximate surface area is 158 Å². The van der Waals surface area contributed by atoms with Gasteiger partial charge in [0.1, 0.15) is 17.4 Å². The van der Waals surface area contributed by atoms with Gasteiger partial charge in [0.05, 0.1) is 11.1 Å². The second-order valence-electron chi connectivity index (χ2n) is 5.43. The van der Waals surface area contributed by atoms with Crippen LogP contribution in [-0.4, -0.2) is 12.5 Å². The van der Waals surface area contributed by atoms with E-state index < -0.39 is 11.9 Å². The summed E-state index contributed by atoms with van der Waals surface area (Å²) in [6.45, 7) is -0.259. The number of hydrogen-bond acceptors (Lipinski definition) is 3. The van der Waals surface area contributed by atoms with Crippen LogP contribution in [0.2, 0.25) is 5.02 Å². The second-order valence-corrected chi connectivity index (χ2v) is 6.82. The van der Waals surface area contributed by atoms with Crippen LogP contribution in [0, 0.1) is 11.6 Å². The molecule has 3 aromatic rings. The summed E-state index contributed by atoms with van der Waals surface area (Å²) in [5.74, 6) is -0.978. The summed E-state index contributed by atoms with van der Waals surface area (Å²) in [6.07, 6.45) is 0. The molecule has 134 valence electrons. The van der Waals surface area contributed by atoms with E-state index in [0.29, 0.717) is 5.75 Å². The van der Waals surface area contributed by atoms with E-state index in [4.69, 9.17) is 16.3 Å². The predicted molar refractivity (Wildman–Crippen MR) is 97.6 cm³/mol. The van der Waals surface area contributed by atoms with E-state index in [0.717, 1.165) is 10.4 Å². The first-order chi connectivity index (χ1) is 12.5. The van der Waals surface area contributed by atoms with Crippen molar-refractivity contribution in [1.82, 2.24) is 5.32 Å². The van der Waals surface area contributed by atoms with Gasteiger partial charge in [-0.1, -0.05) is 29.8 Å². The number of amides is 1. The lowest BCUT2D eigenvalue weighted by molar-refractivity contribution is -0.123. The maximum absolute atomic E-state index is 13.2. The molecule has 26 heavy (non-hydrogen) atoms. The average molecular weight is 394 g/mol. The van der Waals surface area contributed by atoms with Crippen molar-refractivity contribution >= 4 is 28.8 Å². The third kappa shape index (κ3) is 4.59. The van der Waals surface area contributed by atoms with Crippen LogP contribution < -0.4 is 10.1 Å². The van der Waals surface area contributed by atoms with Crippen molar-refractivity contribution in [3.05, 3.63) is 87.1 Å². The zero-order chi connectivity index (χ0) is 18.5. The fraction of sp³-hybridized carbons (Fsp3) is 0.105. The summed E-state index contributed by atoms with van der Waals surface area (Å²) in [7, 11) is 0. The molecule has 1 amide bonds. The van der Waals surface area contributed by atoms with E-state index in [1.165, 1.54) is 41.7 Å². The smallest absolute Gasteiger partial charge is 0.258 e. The minimum atomic E-state index is -0.558. The quantitative estimate of drug-likeness (QED) is 0.642. The van der Waals surface area contributed by atoms with Crippen LogP contribution in [0.1, 0.15) is 16.5 Å². The molecule has 3 rings (SSSR count). The number of ether oxygens (including phenoxy) is 1. The zero-order valence-electron chi connectivity index (χ0n) is 13.4.